The number of rotatable bonds is 6. The summed E-state index contributed by atoms with van der Waals surface area (Å²) in [7, 11) is 0. The van der Waals surface area contributed by atoms with Gasteiger partial charge < -0.3 is 9.64 Å². The highest BCUT2D eigenvalue weighted by atomic mass is 35.5. The Morgan fingerprint density at radius 3 is 2.29 bits per heavy atom. The topological polar surface area (TPSA) is 50.6 Å². The van der Waals surface area contributed by atoms with Crippen LogP contribution in [0.15, 0.2) is 54.7 Å². The summed E-state index contributed by atoms with van der Waals surface area (Å²) in [6.45, 7) is 3.51. The largest absolute Gasteiger partial charge is 0.471 e. The third kappa shape index (κ3) is 5.33. The molecule has 2 heterocycles. The lowest BCUT2D eigenvalue weighted by Crippen LogP contribution is -2.48. The van der Waals surface area contributed by atoms with Crippen LogP contribution in [0.25, 0.3) is 0 Å². The molecule has 0 radical (unpaired) electrons. The molecule has 1 fully saturated rings. The highest BCUT2D eigenvalue weighted by molar-refractivity contribution is 6.36. The molecule has 6 nitrogen and oxygen atoms in total. The van der Waals surface area contributed by atoms with Crippen molar-refractivity contribution >= 4 is 40.7 Å². The van der Waals surface area contributed by atoms with E-state index < -0.39 is 0 Å². The molecule has 162 valence electrons. The van der Waals surface area contributed by atoms with E-state index in [0.29, 0.717) is 46.1 Å². The van der Waals surface area contributed by atoms with Gasteiger partial charge in [0.2, 0.25) is 0 Å². The SMILES string of the molecule is O=C(c1ccnn1COc1ccc(Cl)cc1)N1CCN(Cc2c(Cl)cccc2Cl)CC1. The van der Waals surface area contributed by atoms with Gasteiger partial charge in [-0.15, -0.1) is 0 Å². The second kappa shape index (κ2) is 9.92. The number of amides is 1. The smallest absolute Gasteiger partial charge is 0.272 e. The Kier molecular flexibility index (Phi) is 7.02. The van der Waals surface area contributed by atoms with Crippen LogP contribution in [-0.4, -0.2) is 51.7 Å². The average Bonchev–Trinajstić information content (AvgIpc) is 3.25. The van der Waals surface area contributed by atoms with Crippen LogP contribution in [0, 0.1) is 0 Å². The van der Waals surface area contributed by atoms with Crippen molar-refractivity contribution in [1.82, 2.24) is 19.6 Å². The van der Waals surface area contributed by atoms with E-state index in [-0.39, 0.29) is 12.6 Å². The number of aromatic nitrogens is 2. The first-order chi connectivity index (χ1) is 15.0. The molecule has 0 unspecified atom stereocenters. The van der Waals surface area contributed by atoms with Crippen molar-refractivity contribution in [3.63, 3.8) is 0 Å². The number of carbonyl (C=O) groups is 1. The molecule has 0 saturated carbocycles. The quantitative estimate of drug-likeness (QED) is 0.508. The average molecular weight is 480 g/mol. The van der Waals surface area contributed by atoms with E-state index in [0.717, 1.165) is 18.7 Å². The second-order valence-electron chi connectivity index (χ2n) is 7.21. The van der Waals surface area contributed by atoms with Crippen LogP contribution in [0.3, 0.4) is 0 Å². The number of halogens is 3. The molecule has 2 aromatic carbocycles. The fraction of sp³-hybridized carbons (Fsp3) is 0.273. The van der Waals surface area contributed by atoms with Crippen molar-refractivity contribution in [2.24, 2.45) is 0 Å². The lowest BCUT2D eigenvalue weighted by Gasteiger charge is -2.35. The Morgan fingerprint density at radius 1 is 0.935 bits per heavy atom. The normalized spacial score (nSPS) is 14.6. The van der Waals surface area contributed by atoms with Gasteiger partial charge in [0.25, 0.3) is 5.91 Å². The number of hydrogen-bond acceptors (Lipinski definition) is 4. The third-order valence-corrected chi connectivity index (χ3v) is 6.17. The summed E-state index contributed by atoms with van der Waals surface area (Å²) >= 11 is 18.5. The molecule has 0 aliphatic carbocycles. The highest BCUT2D eigenvalue weighted by Crippen LogP contribution is 2.26. The zero-order valence-corrected chi connectivity index (χ0v) is 18.9. The second-order valence-corrected chi connectivity index (χ2v) is 8.46. The van der Waals surface area contributed by atoms with Crippen molar-refractivity contribution < 1.29 is 9.53 Å². The Hall–Kier alpha value is -2.25. The molecular formula is C22H21Cl3N4O2. The maximum absolute atomic E-state index is 13.0. The van der Waals surface area contributed by atoms with Gasteiger partial charge >= 0.3 is 0 Å². The van der Waals surface area contributed by atoms with Gasteiger partial charge in [0.05, 0.1) is 0 Å². The van der Waals surface area contributed by atoms with E-state index in [1.807, 2.05) is 23.1 Å². The molecule has 1 saturated heterocycles. The van der Waals surface area contributed by atoms with Crippen molar-refractivity contribution in [1.29, 1.82) is 0 Å². The number of nitrogens with zero attached hydrogens (tertiary/aromatic N) is 4. The van der Waals surface area contributed by atoms with E-state index in [2.05, 4.69) is 10.00 Å². The van der Waals surface area contributed by atoms with Crippen LogP contribution in [0.2, 0.25) is 15.1 Å². The fourth-order valence-corrected chi connectivity index (χ4v) is 4.10. The number of benzene rings is 2. The van der Waals surface area contributed by atoms with Crippen LogP contribution in [-0.2, 0) is 13.3 Å². The zero-order valence-electron chi connectivity index (χ0n) is 16.7. The predicted octanol–water partition coefficient (Wildman–Crippen LogP) is 4.84. The minimum absolute atomic E-state index is 0.0624. The van der Waals surface area contributed by atoms with Crippen LogP contribution >= 0.6 is 34.8 Å². The molecule has 0 bridgehead atoms. The molecule has 9 heteroatoms. The van der Waals surface area contributed by atoms with Crippen molar-refractivity contribution in [3.8, 4) is 5.75 Å². The minimum atomic E-state index is -0.0624. The molecule has 1 aliphatic rings. The number of carbonyl (C=O) groups excluding carboxylic acids is 1. The maximum Gasteiger partial charge on any atom is 0.272 e. The summed E-state index contributed by atoms with van der Waals surface area (Å²) in [5, 5.41) is 6.20. The van der Waals surface area contributed by atoms with E-state index >= 15 is 0 Å². The number of ether oxygens (including phenoxy) is 1. The Labute approximate surface area is 195 Å². The summed E-state index contributed by atoms with van der Waals surface area (Å²) in [4.78, 5) is 17.1. The molecule has 3 aromatic rings. The highest BCUT2D eigenvalue weighted by Gasteiger charge is 2.25. The summed E-state index contributed by atoms with van der Waals surface area (Å²) in [5.41, 5.74) is 1.42. The van der Waals surface area contributed by atoms with E-state index in [4.69, 9.17) is 39.5 Å². The first-order valence-electron chi connectivity index (χ1n) is 9.86. The molecule has 4 rings (SSSR count). The molecular weight excluding hydrogens is 459 g/mol. The van der Waals surface area contributed by atoms with Crippen LogP contribution in [0.4, 0.5) is 0 Å². The van der Waals surface area contributed by atoms with Gasteiger partial charge in [-0.1, -0.05) is 40.9 Å². The Bertz CT molecular complexity index is 1030. The van der Waals surface area contributed by atoms with Gasteiger partial charge in [-0.3, -0.25) is 9.69 Å². The van der Waals surface area contributed by atoms with E-state index in [1.54, 1.807) is 41.2 Å². The van der Waals surface area contributed by atoms with Gasteiger partial charge in [0.1, 0.15) is 11.4 Å². The molecule has 0 atom stereocenters. The van der Waals surface area contributed by atoms with Crippen molar-refractivity contribution in [3.05, 3.63) is 81.1 Å². The van der Waals surface area contributed by atoms with Crippen molar-refractivity contribution in [2.75, 3.05) is 26.2 Å². The summed E-state index contributed by atoms with van der Waals surface area (Å²) in [6.07, 6.45) is 1.61. The number of piperazine rings is 1. The fourth-order valence-electron chi connectivity index (χ4n) is 3.46. The lowest BCUT2D eigenvalue weighted by molar-refractivity contribution is 0.0607. The standard InChI is InChI=1S/C22H21Cl3N4O2/c23-16-4-6-17(7-5-16)31-15-29-21(8-9-26-29)22(30)28-12-10-27(11-13-28)14-18-19(24)2-1-3-20(18)25/h1-9H,10-15H2. The summed E-state index contributed by atoms with van der Waals surface area (Å²) < 4.78 is 7.29. The predicted molar refractivity (Wildman–Crippen MR) is 122 cm³/mol. The molecule has 31 heavy (non-hydrogen) atoms. The molecule has 1 aliphatic heterocycles. The molecule has 1 amide bonds. The van der Waals surface area contributed by atoms with Gasteiger partial charge in [0, 0.05) is 59.6 Å². The molecule has 0 spiro atoms. The van der Waals surface area contributed by atoms with Gasteiger partial charge in [-0.2, -0.15) is 5.10 Å². The van der Waals surface area contributed by atoms with Crippen LogP contribution in [0.5, 0.6) is 5.75 Å². The molecule has 1 aromatic heterocycles. The van der Waals surface area contributed by atoms with Gasteiger partial charge in [-0.25, -0.2) is 4.68 Å². The lowest BCUT2D eigenvalue weighted by atomic mass is 10.2. The Balaban J connectivity index is 1.34. The first-order valence-corrected chi connectivity index (χ1v) is 11.0. The molecule has 0 N–H and O–H groups in total. The van der Waals surface area contributed by atoms with Gasteiger partial charge in [0.15, 0.2) is 6.73 Å². The summed E-state index contributed by atoms with van der Waals surface area (Å²) in [6, 6.07) is 14.3. The minimum Gasteiger partial charge on any atom is -0.471 e. The first kappa shape index (κ1) is 22.0. The zero-order chi connectivity index (χ0) is 21.8. The van der Waals surface area contributed by atoms with Crippen LogP contribution in [0.1, 0.15) is 16.1 Å². The van der Waals surface area contributed by atoms with Crippen LogP contribution < -0.4 is 4.74 Å². The number of hydrogen-bond donors (Lipinski definition) is 0. The van der Waals surface area contributed by atoms with Crippen molar-refractivity contribution in [2.45, 2.75) is 13.3 Å². The maximum atomic E-state index is 13.0. The van der Waals surface area contributed by atoms with Gasteiger partial charge in [-0.05, 0) is 42.5 Å². The third-order valence-electron chi connectivity index (χ3n) is 5.21. The monoisotopic (exact) mass is 478 g/mol. The van der Waals surface area contributed by atoms with E-state index in [9.17, 15) is 4.79 Å². The Morgan fingerprint density at radius 2 is 1.61 bits per heavy atom. The van der Waals surface area contributed by atoms with E-state index in [1.165, 1.54) is 0 Å². The summed E-state index contributed by atoms with van der Waals surface area (Å²) in [5.74, 6) is 0.595.